The van der Waals surface area contributed by atoms with Gasteiger partial charge in [0.1, 0.15) is 11.4 Å². The molecule has 0 atom stereocenters. The van der Waals surface area contributed by atoms with Crippen LogP contribution >= 0.6 is 0 Å². The smallest absolute Gasteiger partial charge is 0.282 e. The maximum absolute atomic E-state index is 13.6. The minimum atomic E-state index is -0.436. The molecule has 1 aliphatic heterocycles. The number of nitrogens with one attached hydrogen (secondary N) is 2. The molecule has 3 aromatic rings. The number of aryl methyl sites for hydroxylation is 2. The number of amides is 3. The summed E-state index contributed by atoms with van der Waals surface area (Å²) in [5.41, 5.74) is 4.72. The first-order valence-corrected chi connectivity index (χ1v) is 10.8. The molecule has 0 bridgehead atoms. The second-order valence-electron chi connectivity index (χ2n) is 8.10. The topological polar surface area (TPSA) is 87.7 Å². The average Bonchev–Trinajstić information content (AvgIpc) is 3.04. The molecule has 0 saturated carbocycles. The van der Waals surface area contributed by atoms with Gasteiger partial charge in [-0.05, 0) is 67.4 Å². The van der Waals surface area contributed by atoms with Crippen LogP contribution in [0.4, 0.5) is 17.1 Å². The fourth-order valence-corrected chi connectivity index (χ4v) is 3.93. The molecule has 0 aromatic heterocycles. The van der Waals surface area contributed by atoms with Crippen LogP contribution in [-0.4, -0.2) is 24.8 Å². The molecule has 0 unspecified atom stereocenters. The monoisotopic (exact) mass is 455 g/mol. The molecule has 34 heavy (non-hydrogen) atoms. The van der Waals surface area contributed by atoms with Crippen LogP contribution < -0.4 is 20.3 Å². The third-order valence-electron chi connectivity index (χ3n) is 5.53. The molecular formula is C27H25N3O4. The van der Waals surface area contributed by atoms with E-state index in [1.165, 1.54) is 11.8 Å². The number of anilines is 3. The van der Waals surface area contributed by atoms with Crippen molar-refractivity contribution in [3.8, 4) is 5.75 Å². The van der Waals surface area contributed by atoms with E-state index in [0.717, 1.165) is 11.1 Å². The van der Waals surface area contributed by atoms with Gasteiger partial charge in [-0.15, -0.1) is 0 Å². The van der Waals surface area contributed by atoms with Crippen LogP contribution in [0.1, 0.15) is 23.6 Å². The lowest BCUT2D eigenvalue weighted by molar-refractivity contribution is -0.120. The molecule has 0 fully saturated rings. The van der Waals surface area contributed by atoms with E-state index in [4.69, 9.17) is 4.74 Å². The molecule has 2 N–H and O–H groups in total. The molecule has 7 nitrogen and oxygen atoms in total. The van der Waals surface area contributed by atoms with Crippen molar-refractivity contribution in [2.75, 3.05) is 22.6 Å². The Morgan fingerprint density at radius 2 is 1.50 bits per heavy atom. The van der Waals surface area contributed by atoms with Gasteiger partial charge in [-0.25, -0.2) is 4.90 Å². The molecule has 172 valence electrons. The number of carbonyl (C=O) groups excluding carboxylic acids is 3. The maximum atomic E-state index is 13.6. The van der Waals surface area contributed by atoms with E-state index in [-0.39, 0.29) is 17.2 Å². The molecule has 7 heteroatoms. The van der Waals surface area contributed by atoms with Gasteiger partial charge < -0.3 is 15.4 Å². The van der Waals surface area contributed by atoms with E-state index >= 15 is 0 Å². The Morgan fingerprint density at radius 1 is 0.853 bits per heavy atom. The number of hydrogen-bond acceptors (Lipinski definition) is 5. The van der Waals surface area contributed by atoms with E-state index in [0.29, 0.717) is 28.4 Å². The van der Waals surface area contributed by atoms with Gasteiger partial charge in [0.2, 0.25) is 5.91 Å². The Balaban J connectivity index is 1.77. The Labute approximate surface area is 198 Å². The molecule has 1 aliphatic rings. The Kier molecular flexibility index (Phi) is 6.19. The Morgan fingerprint density at radius 3 is 2.09 bits per heavy atom. The van der Waals surface area contributed by atoms with E-state index in [2.05, 4.69) is 10.6 Å². The van der Waals surface area contributed by atoms with Gasteiger partial charge in [0, 0.05) is 18.3 Å². The zero-order valence-corrected chi connectivity index (χ0v) is 19.4. The summed E-state index contributed by atoms with van der Waals surface area (Å²) < 4.78 is 5.23. The zero-order valence-electron chi connectivity index (χ0n) is 19.4. The first-order chi connectivity index (χ1) is 16.3. The van der Waals surface area contributed by atoms with Crippen LogP contribution in [0.25, 0.3) is 5.57 Å². The number of rotatable bonds is 6. The van der Waals surface area contributed by atoms with E-state index in [1.807, 2.05) is 26.0 Å². The molecular weight excluding hydrogens is 430 g/mol. The number of ether oxygens (including phenoxy) is 1. The van der Waals surface area contributed by atoms with Crippen molar-refractivity contribution in [2.45, 2.75) is 20.8 Å². The van der Waals surface area contributed by atoms with Crippen molar-refractivity contribution >= 4 is 40.4 Å². The molecule has 3 aromatic carbocycles. The summed E-state index contributed by atoms with van der Waals surface area (Å²) in [5.74, 6) is -0.366. The lowest BCUT2D eigenvalue weighted by Gasteiger charge is -2.18. The van der Waals surface area contributed by atoms with Crippen molar-refractivity contribution < 1.29 is 19.1 Å². The van der Waals surface area contributed by atoms with Gasteiger partial charge in [0.25, 0.3) is 11.8 Å². The second kappa shape index (κ2) is 9.23. The lowest BCUT2D eigenvalue weighted by atomic mass is 10.0. The van der Waals surface area contributed by atoms with E-state index in [1.54, 1.807) is 61.7 Å². The van der Waals surface area contributed by atoms with Gasteiger partial charge in [-0.2, -0.15) is 0 Å². The number of methoxy groups -OCH3 is 1. The largest absolute Gasteiger partial charge is 0.497 e. The highest BCUT2D eigenvalue weighted by atomic mass is 16.5. The molecule has 0 spiro atoms. The summed E-state index contributed by atoms with van der Waals surface area (Å²) in [6, 6.07) is 19.5. The third-order valence-corrected chi connectivity index (χ3v) is 5.53. The van der Waals surface area contributed by atoms with E-state index in [9.17, 15) is 14.4 Å². The van der Waals surface area contributed by atoms with Crippen molar-refractivity contribution in [3.05, 3.63) is 89.1 Å². The number of benzene rings is 3. The van der Waals surface area contributed by atoms with Crippen LogP contribution in [0.2, 0.25) is 0 Å². The van der Waals surface area contributed by atoms with Crippen molar-refractivity contribution in [2.24, 2.45) is 0 Å². The van der Waals surface area contributed by atoms with Gasteiger partial charge in [0.15, 0.2) is 0 Å². The predicted octanol–water partition coefficient (Wildman–Crippen LogP) is 4.67. The van der Waals surface area contributed by atoms with Crippen molar-refractivity contribution in [1.29, 1.82) is 0 Å². The van der Waals surface area contributed by atoms with Gasteiger partial charge in [-0.1, -0.05) is 29.8 Å². The van der Waals surface area contributed by atoms with Crippen molar-refractivity contribution in [3.63, 3.8) is 0 Å². The lowest BCUT2D eigenvalue weighted by Crippen LogP contribution is -2.33. The number of nitrogens with zero attached hydrogens (tertiary/aromatic N) is 1. The zero-order chi connectivity index (χ0) is 24.4. The maximum Gasteiger partial charge on any atom is 0.282 e. The molecule has 0 aliphatic carbocycles. The highest BCUT2D eigenvalue weighted by molar-refractivity contribution is 6.46. The highest BCUT2D eigenvalue weighted by Gasteiger charge is 2.40. The predicted molar refractivity (Wildman–Crippen MR) is 133 cm³/mol. The number of carbonyl (C=O) groups is 3. The van der Waals surface area contributed by atoms with Crippen LogP contribution in [0.3, 0.4) is 0 Å². The van der Waals surface area contributed by atoms with Crippen LogP contribution in [0, 0.1) is 13.8 Å². The second-order valence-corrected chi connectivity index (χ2v) is 8.10. The van der Waals surface area contributed by atoms with Crippen LogP contribution in [0.5, 0.6) is 5.75 Å². The van der Waals surface area contributed by atoms with Gasteiger partial charge in [-0.3, -0.25) is 14.4 Å². The molecule has 0 radical (unpaired) electrons. The quantitative estimate of drug-likeness (QED) is 0.528. The van der Waals surface area contributed by atoms with E-state index < -0.39 is 11.8 Å². The summed E-state index contributed by atoms with van der Waals surface area (Å²) in [4.78, 5) is 39.7. The summed E-state index contributed by atoms with van der Waals surface area (Å²) in [5, 5.41) is 5.84. The Bertz CT molecular complexity index is 1310. The minimum Gasteiger partial charge on any atom is -0.497 e. The van der Waals surface area contributed by atoms with Crippen molar-refractivity contribution in [1.82, 2.24) is 0 Å². The highest BCUT2D eigenvalue weighted by Crippen LogP contribution is 2.36. The first-order valence-electron chi connectivity index (χ1n) is 10.8. The SMILES string of the molecule is COc1ccc(C2=C(Nc3ccc(NC(C)=O)cc3)C(=O)N(c3ccc(C)cc3C)C2=O)cc1. The normalized spacial score (nSPS) is 13.4. The number of hydrogen-bond donors (Lipinski definition) is 2. The number of imide groups is 1. The standard InChI is InChI=1S/C27H25N3O4/c1-16-5-14-23(17(2)15-16)30-26(32)24(19-6-12-22(34-4)13-7-19)25(27(30)33)29-21-10-8-20(9-11-21)28-18(3)31/h5-15,29H,1-4H3,(H,28,31). The molecule has 0 saturated heterocycles. The summed E-state index contributed by atoms with van der Waals surface area (Å²) in [7, 11) is 1.57. The molecule has 3 amide bonds. The van der Waals surface area contributed by atoms with Gasteiger partial charge >= 0.3 is 0 Å². The fraction of sp³-hybridized carbons (Fsp3) is 0.148. The first kappa shape index (κ1) is 22.8. The summed E-state index contributed by atoms with van der Waals surface area (Å²) in [6.07, 6.45) is 0. The average molecular weight is 456 g/mol. The van der Waals surface area contributed by atoms with Gasteiger partial charge in [0.05, 0.1) is 18.4 Å². The van der Waals surface area contributed by atoms with Crippen LogP contribution in [-0.2, 0) is 14.4 Å². The molecule has 1 heterocycles. The van der Waals surface area contributed by atoms with Crippen LogP contribution in [0.15, 0.2) is 72.4 Å². The third kappa shape index (κ3) is 4.41. The summed E-state index contributed by atoms with van der Waals surface area (Å²) in [6.45, 7) is 5.27. The minimum absolute atomic E-state index is 0.175. The Hall–Kier alpha value is -4.39. The fourth-order valence-electron chi connectivity index (χ4n) is 3.93. The summed E-state index contributed by atoms with van der Waals surface area (Å²) >= 11 is 0. The molecule has 4 rings (SSSR count).